The van der Waals surface area contributed by atoms with Crippen molar-refractivity contribution in [3.63, 3.8) is 0 Å². The Bertz CT molecular complexity index is 424. The average Bonchev–Trinajstić information content (AvgIpc) is 2.26. The van der Waals surface area contributed by atoms with E-state index in [0.717, 1.165) is 5.56 Å². The number of rotatable bonds is 3. The first-order valence-electron chi connectivity index (χ1n) is 5.10. The number of hydrogen-bond donors (Lipinski definition) is 1. The smallest absolute Gasteiger partial charge is 0.244 e. The summed E-state index contributed by atoms with van der Waals surface area (Å²) < 4.78 is 0. The number of hydrogen-bond acceptors (Lipinski definition) is 2. The fourth-order valence-corrected chi connectivity index (χ4v) is 1.17. The lowest BCUT2D eigenvalue weighted by molar-refractivity contribution is -0.116. The van der Waals surface area contributed by atoms with Crippen LogP contribution in [0.15, 0.2) is 30.3 Å². The van der Waals surface area contributed by atoms with Gasteiger partial charge in [0.1, 0.15) is 0 Å². The molecule has 0 heterocycles. The van der Waals surface area contributed by atoms with Crippen LogP contribution in [0.5, 0.6) is 0 Å². The summed E-state index contributed by atoms with van der Waals surface area (Å²) in [6.07, 6.45) is 3.21. The van der Waals surface area contributed by atoms with Gasteiger partial charge in [-0.05, 0) is 37.6 Å². The second kappa shape index (κ2) is 5.72. The first-order valence-corrected chi connectivity index (χ1v) is 5.10. The van der Waals surface area contributed by atoms with Crippen LogP contribution < -0.4 is 5.32 Å². The summed E-state index contributed by atoms with van der Waals surface area (Å²) in [6.45, 7) is 3.82. The van der Waals surface area contributed by atoms with Crippen LogP contribution in [0.3, 0.4) is 0 Å². The fraction of sp³-hybridized carbons (Fsp3) is 0.231. The highest BCUT2D eigenvalue weighted by molar-refractivity contribution is 5.91. The van der Waals surface area contributed by atoms with E-state index in [1.54, 1.807) is 30.3 Å². The molecule has 0 radical (unpaired) electrons. The molecule has 3 heteroatoms. The minimum Gasteiger partial charge on any atom is -0.350 e. The summed E-state index contributed by atoms with van der Waals surface area (Å²) in [5.41, 5.74) is 1.52. The quantitative estimate of drug-likeness (QED) is 0.783. The van der Waals surface area contributed by atoms with Crippen LogP contribution in [0.4, 0.5) is 0 Å². The van der Waals surface area contributed by atoms with Crippen LogP contribution >= 0.6 is 0 Å². The third-order valence-corrected chi connectivity index (χ3v) is 1.90. The molecule has 0 unspecified atom stereocenters. The lowest BCUT2D eigenvalue weighted by atomic mass is 10.1. The molecule has 1 aromatic rings. The van der Waals surface area contributed by atoms with Gasteiger partial charge < -0.3 is 5.32 Å². The lowest BCUT2D eigenvalue weighted by Crippen LogP contribution is -2.28. The number of nitriles is 1. The van der Waals surface area contributed by atoms with Crippen LogP contribution in [-0.4, -0.2) is 11.9 Å². The highest BCUT2D eigenvalue weighted by atomic mass is 16.1. The van der Waals surface area contributed by atoms with Crippen molar-refractivity contribution in [3.05, 3.63) is 41.5 Å². The molecule has 1 rings (SSSR count). The van der Waals surface area contributed by atoms with Gasteiger partial charge in [0, 0.05) is 12.1 Å². The number of carbonyl (C=O) groups excluding carboxylic acids is 1. The zero-order chi connectivity index (χ0) is 12.0. The Morgan fingerprint density at radius 2 is 2.00 bits per heavy atom. The molecule has 0 fully saturated rings. The summed E-state index contributed by atoms with van der Waals surface area (Å²) >= 11 is 0. The zero-order valence-electron chi connectivity index (χ0n) is 9.40. The number of nitrogens with zero attached hydrogens (tertiary/aromatic N) is 1. The number of nitrogens with one attached hydrogen (secondary N) is 1. The van der Waals surface area contributed by atoms with E-state index in [4.69, 9.17) is 5.26 Å². The third kappa shape index (κ3) is 3.97. The van der Waals surface area contributed by atoms with E-state index in [9.17, 15) is 4.79 Å². The van der Waals surface area contributed by atoms with E-state index >= 15 is 0 Å². The molecule has 1 amide bonds. The van der Waals surface area contributed by atoms with Crippen molar-refractivity contribution in [1.82, 2.24) is 5.32 Å². The Morgan fingerprint density at radius 3 is 2.50 bits per heavy atom. The van der Waals surface area contributed by atoms with E-state index < -0.39 is 0 Å². The molecule has 0 saturated carbocycles. The largest absolute Gasteiger partial charge is 0.350 e. The second-order valence-electron chi connectivity index (χ2n) is 3.73. The first-order chi connectivity index (χ1) is 7.61. The highest BCUT2D eigenvalue weighted by Gasteiger charge is 1.97. The summed E-state index contributed by atoms with van der Waals surface area (Å²) in [6, 6.07) is 9.23. The maximum Gasteiger partial charge on any atom is 0.244 e. The van der Waals surface area contributed by atoms with Gasteiger partial charge >= 0.3 is 0 Å². The van der Waals surface area contributed by atoms with Gasteiger partial charge in [0.25, 0.3) is 0 Å². The van der Waals surface area contributed by atoms with Crippen LogP contribution in [-0.2, 0) is 4.79 Å². The van der Waals surface area contributed by atoms with Crippen molar-refractivity contribution in [2.75, 3.05) is 0 Å². The number of amides is 1. The minimum absolute atomic E-state index is 0.112. The topological polar surface area (TPSA) is 52.9 Å². The molecule has 0 spiro atoms. The lowest BCUT2D eigenvalue weighted by Gasteiger charge is -2.03. The molecule has 0 bridgehead atoms. The van der Waals surface area contributed by atoms with Crippen LogP contribution in [0.1, 0.15) is 25.0 Å². The van der Waals surface area contributed by atoms with Crippen molar-refractivity contribution in [2.24, 2.45) is 0 Å². The van der Waals surface area contributed by atoms with Gasteiger partial charge in [-0.3, -0.25) is 4.79 Å². The van der Waals surface area contributed by atoms with Gasteiger partial charge in [-0.1, -0.05) is 12.1 Å². The van der Waals surface area contributed by atoms with Gasteiger partial charge in [-0.25, -0.2) is 0 Å². The van der Waals surface area contributed by atoms with E-state index in [2.05, 4.69) is 5.32 Å². The number of benzene rings is 1. The molecule has 0 aliphatic rings. The van der Waals surface area contributed by atoms with E-state index in [-0.39, 0.29) is 11.9 Å². The predicted octanol–water partition coefficient (Wildman–Crippen LogP) is 2.10. The standard InChI is InChI=1S/C13H14N2O/c1-10(2)15-13(16)8-7-11-3-5-12(9-14)6-4-11/h3-8,10H,1-2H3,(H,15,16)/b8-7+. The Labute approximate surface area is 95.4 Å². The zero-order valence-corrected chi connectivity index (χ0v) is 9.40. The summed E-state index contributed by atoms with van der Waals surface area (Å²) in [5, 5.41) is 11.4. The molecule has 1 N–H and O–H groups in total. The first kappa shape index (κ1) is 12.0. The maximum absolute atomic E-state index is 11.3. The molecule has 0 aromatic heterocycles. The summed E-state index contributed by atoms with van der Waals surface area (Å²) in [4.78, 5) is 11.3. The molecule has 0 aliphatic carbocycles. The highest BCUT2D eigenvalue weighted by Crippen LogP contribution is 2.04. The van der Waals surface area contributed by atoms with Crippen LogP contribution in [0.2, 0.25) is 0 Å². The van der Waals surface area contributed by atoms with E-state index in [1.165, 1.54) is 6.08 Å². The molecular formula is C13H14N2O. The molecule has 1 aromatic carbocycles. The molecule has 3 nitrogen and oxygen atoms in total. The van der Waals surface area contributed by atoms with E-state index in [1.807, 2.05) is 19.9 Å². The van der Waals surface area contributed by atoms with Crippen LogP contribution in [0.25, 0.3) is 6.08 Å². The average molecular weight is 214 g/mol. The van der Waals surface area contributed by atoms with Crippen molar-refractivity contribution < 1.29 is 4.79 Å². The number of carbonyl (C=O) groups is 1. The fourth-order valence-electron chi connectivity index (χ4n) is 1.17. The second-order valence-corrected chi connectivity index (χ2v) is 3.73. The summed E-state index contributed by atoms with van der Waals surface area (Å²) in [5.74, 6) is -0.112. The Morgan fingerprint density at radius 1 is 1.38 bits per heavy atom. The van der Waals surface area contributed by atoms with Gasteiger partial charge in [0.05, 0.1) is 11.6 Å². The van der Waals surface area contributed by atoms with Crippen LogP contribution in [0, 0.1) is 11.3 Å². The molecule has 0 atom stereocenters. The maximum atomic E-state index is 11.3. The summed E-state index contributed by atoms with van der Waals surface area (Å²) in [7, 11) is 0. The minimum atomic E-state index is -0.112. The van der Waals surface area contributed by atoms with Gasteiger partial charge in [0.2, 0.25) is 5.91 Å². The molecule has 16 heavy (non-hydrogen) atoms. The normalized spacial score (nSPS) is 10.4. The van der Waals surface area contributed by atoms with Gasteiger partial charge in [-0.2, -0.15) is 5.26 Å². The third-order valence-electron chi connectivity index (χ3n) is 1.90. The van der Waals surface area contributed by atoms with Gasteiger partial charge in [-0.15, -0.1) is 0 Å². The monoisotopic (exact) mass is 214 g/mol. The van der Waals surface area contributed by atoms with Gasteiger partial charge in [0.15, 0.2) is 0 Å². The van der Waals surface area contributed by atoms with Crippen molar-refractivity contribution in [1.29, 1.82) is 5.26 Å². The van der Waals surface area contributed by atoms with Crippen molar-refractivity contribution in [2.45, 2.75) is 19.9 Å². The van der Waals surface area contributed by atoms with Crippen molar-refractivity contribution >= 4 is 12.0 Å². The molecule has 0 aliphatic heterocycles. The van der Waals surface area contributed by atoms with E-state index in [0.29, 0.717) is 5.56 Å². The van der Waals surface area contributed by atoms with Crippen molar-refractivity contribution in [3.8, 4) is 6.07 Å². The predicted molar refractivity (Wildman–Crippen MR) is 63.5 cm³/mol. The Hall–Kier alpha value is -2.08. The molecule has 0 saturated heterocycles. The Balaban J connectivity index is 2.63. The SMILES string of the molecule is CC(C)NC(=O)/C=C/c1ccc(C#N)cc1. The Kier molecular flexibility index (Phi) is 4.28. The molecular weight excluding hydrogens is 200 g/mol. The molecule has 82 valence electrons.